The molecule has 2 heterocycles. The lowest BCUT2D eigenvalue weighted by Crippen LogP contribution is -2.18. The Morgan fingerprint density at radius 1 is 1.10 bits per heavy atom. The van der Waals surface area contributed by atoms with Crippen LogP contribution in [0.4, 0.5) is 5.95 Å². The van der Waals surface area contributed by atoms with Gasteiger partial charge in [-0.15, -0.1) is 10.2 Å². The maximum atomic E-state index is 12.4. The predicted octanol–water partition coefficient (Wildman–Crippen LogP) is 1.14. The summed E-state index contributed by atoms with van der Waals surface area (Å²) >= 11 is 0. The molecule has 0 atom stereocenters. The molecule has 2 N–H and O–H groups in total. The van der Waals surface area contributed by atoms with E-state index >= 15 is 0 Å². The zero-order valence-electron chi connectivity index (χ0n) is 12.4. The molecule has 0 saturated heterocycles. The van der Waals surface area contributed by atoms with E-state index in [2.05, 4.69) is 30.1 Å². The first kappa shape index (κ1) is 15.4. The van der Waals surface area contributed by atoms with Crippen LogP contribution in [0.3, 0.4) is 0 Å². The molecule has 0 aliphatic carbocycles. The quantitative estimate of drug-likeness (QED) is 0.856. The van der Waals surface area contributed by atoms with E-state index in [4.69, 9.17) is 0 Å². The summed E-state index contributed by atoms with van der Waals surface area (Å²) in [5.74, 6) is -0.0240. The molecule has 0 spiro atoms. The van der Waals surface area contributed by atoms with Crippen molar-refractivity contribution in [3.05, 3.63) is 22.8 Å². The van der Waals surface area contributed by atoms with Gasteiger partial charge >= 0.3 is 0 Å². The Hall–Kier alpha value is -2.03. The number of H-pyrrole nitrogens is 1. The summed E-state index contributed by atoms with van der Waals surface area (Å²) in [4.78, 5) is 4.34. The van der Waals surface area contributed by atoms with Crippen LogP contribution in [0.25, 0.3) is 0 Å². The predicted molar refractivity (Wildman–Crippen MR) is 77.5 cm³/mol. The first-order valence-electron chi connectivity index (χ1n) is 6.65. The number of aromatic nitrogens is 5. The van der Waals surface area contributed by atoms with E-state index in [0.717, 1.165) is 11.4 Å². The van der Waals surface area contributed by atoms with Crippen LogP contribution >= 0.6 is 0 Å². The van der Waals surface area contributed by atoms with Crippen molar-refractivity contribution in [2.45, 2.75) is 45.4 Å². The highest BCUT2D eigenvalue weighted by Gasteiger charge is 2.23. The highest BCUT2D eigenvalue weighted by molar-refractivity contribution is 7.92. The minimum Gasteiger partial charge on any atom is -0.281 e. The third-order valence-corrected chi connectivity index (χ3v) is 4.65. The van der Waals surface area contributed by atoms with Gasteiger partial charge in [-0.05, 0) is 26.7 Å². The third kappa shape index (κ3) is 3.02. The number of hydrogen-bond acceptors (Lipinski definition) is 6. The monoisotopic (exact) mass is 310 g/mol. The van der Waals surface area contributed by atoms with Gasteiger partial charge in [0.1, 0.15) is 4.90 Å². The number of rotatable bonds is 5. The fourth-order valence-electron chi connectivity index (χ4n) is 2.09. The van der Waals surface area contributed by atoms with Crippen molar-refractivity contribution >= 4 is 16.0 Å². The second kappa shape index (κ2) is 5.76. The Bertz CT molecular complexity index is 734. The van der Waals surface area contributed by atoms with Gasteiger partial charge in [-0.1, -0.05) is 13.8 Å². The number of nitrogens with zero attached hydrogens (tertiary/aromatic N) is 4. The first-order valence-corrected chi connectivity index (χ1v) is 8.14. The van der Waals surface area contributed by atoms with Crippen LogP contribution in [0.1, 0.15) is 36.6 Å². The Labute approximate surface area is 123 Å². The summed E-state index contributed by atoms with van der Waals surface area (Å²) in [5, 5.41) is 14.4. The van der Waals surface area contributed by atoms with Gasteiger partial charge in [-0.25, -0.2) is 18.1 Å². The Morgan fingerprint density at radius 2 is 1.76 bits per heavy atom. The third-order valence-electron chi connectivity index (χ3n) is 3.06. The van der Waals surface area contributed by atoms with E-state index in [1.165, 1.54) is 0 Å². The van der Waals surface area contributed by atoms with E-state index in [1.54, 1.807) is 13.8 Å². The summed E-state index contributed by atoms with van der Waals surface area (Å²) in [6.45, 7) is 7.15. The van der Waals surface area contributed by atoms with Gasteiger partial charge in [0.2, 0.25) is 0 Å². The minimum absolute atomic E-state index is 0.0240. The zero-order valence-corrected chi connectivity index (χ0v) is 13.2. The van der Waals surface area contributed by atoms with Crippen LogP contribution in [0.2, 0.25) is 0 Å². The minimum atomic E-state index is -3.78. The number of hydrogen-bond donors (Lipinski definition) is 2. The van der Waals surface area contributed by atoms with Gasteiger partial charge in [-0.2, -0.15) is 5.10 Å². The molecule has 0 amide bonds. The van der Waals surface area contributed by atoms with E-state index in [9.17, 15) is 8.42 Å². The molecule has 0 aromatic carbocycles. The van der Waals surface area contributed by atoms with Gasteiger partial charge in [0.05, 0.1) is 22.8 Å². The molecule has 8 nitrogen and oxygen atoms in total. The van der Waals surface area contributed by atoms with Gasteiger partial charge < -0.3 is 0 Å². The summed E-state index contributed by atoms with van der Waals surface area (Å²) < 4.78 is 27.1. The van der Waals surface area contributed by atoms with E-state index in [1.807, 2.05) is 13.8 Å². The highest BCUT2D eigenvalue weighted by atomic mass is 32.2. The molecular weight excluding hydrogens is 292 g/mol. The molecule has 0 fully saturated rings. The summed E-state index contributed by atoms with van der Waals surface area (Å²) in [7, 11) is -3.78. The number of nitrogens with one attached hydrogen (secondary N) is 2. The van der Waals surface area contributed by atoms with Crippen molar-refractivity contribution in [2.75, 3.05) is 4.72 Å². The van der Waals surface area contributed by atoms with Crippen LogP contribution in [0.5, 0.6) is 0 Å². The maximum absolute atomic E-state index is 12.4. The van der Waals surface area contributed by atoms with Gasteiger partial charge in [0.15, 0.2) is 0 Å². The van der Waals surface area contributed by atoms with Crippen molar-refractivity contribution in [1.82, 2.24) is 25.4 Å². The average molecular weight is 310 g/mol. The highest BCUT2D eigenvalue weighted by Crippen LogP contribution is 2.19. The molecule has 2 aromatic rings. The van der Waals surface area contributed by atoms with Gasteiger partial charge in [0, 0.05) is 0 Å². The lowest BCUT2D eigenvalue weighted by molar-refractivity contribution is 0.599. The summed E-state index contributed by atoms with van der Waals surface area (Å²) in [5.41, 5.74) is 2.38. The summed E-state index contributed by atoms with van der Waals surface area (Å²) in [6, 6.07) is 0. The number of sulfonamides is 1. The van der Waals surface area contributed by atoms with Crippen molar-refractivity contribution < 1.29 is 8.42 Å². The van der Waals surface area contributed by atoms with Crippen LogP contribution in [0.15, 0.2) is 4.90 Å². The molecule has 0 saturated carbocycles. The molecule has 0 aliphatic heterocycles. The summed E-state index contributed by atoms with van der Waals surface area (Å²) in [6.07, 6.45) is 1.37. The SMILES string of the molecule is CCc1nnc(NS(=O)(=O)c2c(C)n[nH]c2C)nc1CC. The van der Waals surface area contributed by atoms with Crippen molar-refractivity contribution in [3.8, 4) is 0 Å². The number of aromatic amines is 1. The fraction of sp³-hybridized carbons (Fsp3) is 0.500. The topological polar surface area (TPSA) is 114 Å². The Morgan fingerprint density at radius 3 is 2.29 bits per heavy atom. The average Bonchev–Trinajstić information content (AvgIpc) is 2.78. The molecule has 2 aromatic heterocycles. The standard InChI is InChI=1S/C12H18N6O2S/c1-5-9-10(6-2)16-17-12(13-9)18-21(19,20)11-7(3)14-15-8(11)4/h5-6H2,1-4H3,(H,14,15)(H,13,17,18). The van der Waals surface area contributed by atoms with Crippen LogP contribution in [-0.2, 0) is 22.9 Å². The second-order valence-corrected chi connectivity index (χ2v) is 6.22. The van der Waals surface area contributed by atoms with E-state index in [0.29, 0.717) is 24.2 Å². The number of aryl methyl sites for hydroxylation is 4. The molecule has 114 valence electrons. The smallest absolute Gasteiger partial charge is 0.267 e. The normalized spacial score (nSPS) is 11.6. The van der Waals surface area contributed by atoms with Crippen molar-refractivity contribution in [1.29, 1.82) is 0 Å². The lowest BCUT2D eigenvalue weighted by atomic mass is 10.2. The Kier molecular flexibility index (Phi) is 4.21. The molecule has 0 aliphatic rings. The van der Waals surface area contributed by atoms with Crippen LogP contribution < -0.4 is 4.72 Å². The lowest BCUT2D eigenvalue weighted by Gasteiger charge is -2.08. The van der Waals surface area contributed by atoms with Crippen LogP contribution in [-0.4, -0.2) is 33.8 Å². The second-order valence-electron chi connectivity index (χ2n) is 4.60. The van der Waals surface area contributed by atoms with E-state index < -0.39 is 10.0 Å². The van der Waals surface area contributed by atoms with E-state index in [-0.39, 0.29) is 10.8 Å². The Balaban J connectivity index is 2.38. The van der Waals surface area contributed by atoms with Crippen molar-refractivity contribution in [3.63, 3.8) is 0 Å². The molecule has 0 radical (unpaired) electrons. The largest absolute Gasteiger partial charge is 0.281 e. The number of anilines is 1. The maximum Gasteiger partial charge on any atom is 0.267 e. The van der Waals surface area contributed by atoms with Gasteiger partial charge in [-0.3, -0.25) is 5.10 Å². The molecule has 0 bridgehead atoms. The molecule has 21 heavy (non-hydrogen) atoms. The molecular formula is C12H18N6O2S. The zero-order chi connectivity index (χ0) is 15.6. The fourth-order valence-corrected chi connectivity index (χ4v) is 3.40. The van der Waals surface area contributed by atoms with Crippen molar-refractivity contribution in [2.24, 2.45) is 0 Å². The first-order chi connectivity index (χ1) is 9.89. The van der Waals surface area contributed by atoms with Gasteiger partial charge in [0.25, 0.3) is 16.0 Å². The van der Waals surface area contributed by atoms with Crippen LogP contribution in [0, 0.1) is 13.8 Å². The molecule has 2 rings (SSSR count). The molecule has 0 unspecified atom stereocenters. The molecule has 9 heteroatoms.